The highest BCUT2D eigenvalue weighted by Gasteiger charge is 2.07. The number of nitrogens with two attached hydrogens (primary N) is 1. The third-order valence-electron chi connectivity index (χ3n) is 0.381. The molecule has 4 nitrogen and oxygen atoms in total. The molecule has 0 aromatic carbocycles. The van der Waals surface area contributed by atoms with Crippen LogP contribution in [0.4, 0.5) is 0 Å². The molecule has 0 fully saturated rings. The monoisotopic (exact) mass is 157 g/mol. The van der Waals surface area contributed by atoms with Crippen molar-refractivity contribution in [2.45, 2.75) is 5.37 Å². The van der Waals surface area contributed by atoms with Gasteiger partial charge in [0, 0.05) is 0 Å². The first kappa shape index (κ1) is 8.22. The maximum atomic E-state index is 9.87. The molecule has 0 saturated carbocycles. The van der Waals surface area contributed by atoms with Gasteiger partial charge in [-0.2, -0.15) is 21.0 Å². The summed E-state index contributed by atoms with van der Waals surface area (Å²) in [6.07, 6.45) is 0. The van der Waals surface area contributed by atoms with Crippen molar-refractivity contribution in [3.63, 3.8) is 0 Å². The fraction of sp³-hybridized carbons (Fsp3) is 1.00. The minimum Gasteiger partial charge on any atom is -0.319 e. The summed E-state index contributed by atoms with van der Waals surface area (Å²) in [5.74, 6) is -0.504. The molecular weight excluding hydrogens is 150 g/mol. The normalized spacial score (nSPS) is 15.9. The Morgan fingerprint density at radius 2 is 2.12 bits per heavy atom. The first-order chi connectivity index (χ1) is 3.42. The Balaban J connectivity index is 3.75. The van der Waals surface area contributed by atoms with Crippen molar-refractivity contribution in [3.05, 3.63) is 0 Å². The molecular formula is C2H7NO3S2. The van der Waals surface area contributed by atoms with Crippen LogP contribution in [0, 0.1) is 0 Å². The van der Waals surface area contributed by atoms with Crippen LogP contribution >= 0.6 is 12.6 Å². The molecule has 0 spiro atoms. The Hall–Kier alpha value is 0.220. The van der Waals surface area contributed by atoms with Crippen LogP contribution in [0.1, 0.15) is 0 Å². The predicted molar refractivity (Wildman–Crippen MR) is 33.4 cm³/mol. The molecule has 0 radical (unpaired) electrons. The highest BCUT2D eigenvalue weighted by Crippen LogP contribution is 1.89. The summed E-state index contributed by atoms with van der Waals surface area (Å²) in [6.45, 7) is 0. The lowest BCUT2D eigenvalue weighted by atomic mass is 10.8. The zero-order valence-corrected chi connectivity index (χ0v) is 5.69. The van der Waals surface area contributed by atoms with Gasteiger partial charge in [0.05, 0.1) is 11.1 Å². The molecule has 0 heterocycles. The van der Waals surface area contributed by atoms with Crippen LogP contribution in [0.2, 0.25) is 0 Å². The Kier molecular flexibility index (Phi) is 2.75. The molecule has 6 heteroatoms. The minimum absolute atomic E-state index is 0.504. The van der Waals surface area contributed by atoms with E-state index < -0.39 is 21.2 Å². The molecule has 0 aromatic heterocycles. The lowest BCUT2D eigenvalue weighted by molar-refractivity contribution is 0.482. The van der Waals surface area contributed by atoms with E-state index in [0.29, 0.717) is 0 Å². The van der Waals surface area contributed by atoms with Crippen molar-refractivity contribution >= 4 is 22.7 Å². The molecule has 1 atom stereocenters. The van der Waals surface area contributed by atoms with E-state index in [0.717, 1.165) is 0 Å². The van der Waals surface area contributed by atoms with E-state index >= 15 is 0 Å². The summed E-state index contributed by atoms with van der Waals surface area (Å²) in [4.78, 5) is 0. The number of thiol groups is 1. The van der Waals surface area contributed by atoms with Crippen molar-refractivity contribution in [2.75, 3.05) is 5.75 Å². The maximum absolute atomic E-state index is 9.87. The summed E-state index contributed by atoms with van der Waals surface area (Å²) < 4.78 is 27.8. The van der Waals surface area contributed by atoms with Crippen molar-refractivity contribution in [2.24, 2.45) is 5.73 Å². The van der Waals surface area contributed by atoms with Gasteiger partial charge in [-0.1, -0.05) is 0 Å². The minimum atomic E-state index is -3.92. The molecule has 0 saturated heterocycles. The molecule has 0 bridgehead atoms. The van der Waals surface area contributed by atoms with Gasteiger partial charge >= 0.3 is 0 Å². The maximum Gasteiger partial charge on any atom is 0.267 e. The third kappa shape index (κ3) is 6.22. The molecule has 3 N–H and O–H groups in total. The van der Waals surface area contributed by atoms with Gasteiger partial charge in [-0.25, -0.2) is 0 Å². The molecule has 0 aliphatic rings. The van der Waals surface area contributed by atoms with E-state index in [1.165, 1.54) is 0 Å². The van der Waals surface area contributed by atoms with Crippen molar-refractivity contribution in [1.82, 2.24) is 0 Å². The van der Waals surface area contributed by atoms with Gasteiger partial charge in [0.2, 0.25) is 0 Å². The molecule has 0 aliphatic carbocycles. The van der Waals surface area contributed by atoms with E-state index in [2.05, 4.69) is 12.6 Å². The molecule has 8 heavy (non-hydrogen) atoms. The van der Waals surface area contributed by atoms with Gasteiger partial charge in [0.1, 0.15) is 0 Å². The van der Waals surface area contributed by atoms with Crippen LogP contribution in [-0.2, 0) is 10.1 Å². The van der Waals surface area contributed by atoms with E-state index in [1.807, 2.05) is 0 Å². The molecule has 50 valence electrons. The van der Waals surface area contributed by atoms with Crippen molar-refractivity contribution in [3.8, 4) is 0 Å². The van der Waals surface area contributed by atoms with Gasteiger partial charge in [-0.15, -0.1) is 0 Å². The van der Waals surface area contributed by atoms with Crippen LogP contribution in [0.3, 0.4) is 0 Å². The first-order valence-corrected chi connectivity index (χ1v) is 3.93. The van der Waals surface area contributed by atoms with Gasteiger partial charge in [-0.3, -0.25) is 4.55 Å². The number of hydrogen-bond donors (Lipinski definition) is 3. The standard InChI is InChI=1S/C2H7NO3S2/c3-2(7)1-8(4,5)6/h2,7H,1,3H2,(H,4,5,6). The summed E-state index contributed by atoms with van der Waals surface area (Å²) in [5, 5.41) is -0.801. The first-order valence-electron chi connectivity index (χ1n) is 1.80. The topological polar surface area (TPSA) is 80.4 Å². The zero-order valence-electron chi connectivity index (χ0n) is 3.98. The van der Waals surface area contributed by atoms with Crippen LogP contribution in [0.15, 0.2) is 0 Å². The highest BCUT2D eigenvalue weighted by molar-refractivity contribution is 7.88. The number of rotatable bonds is 2. The van der Waals surface area contributed by atoms with Gasteiger partial charge in [-0.05, 0) is 0 Å². The second-order valence-corrected chi connectivity index (χ2v) is 3.48. The largest absolute Gasteiger partial charge is 0.319 e. The molecule has 0 aromatic rings. The Bertz CT molecular complexity index is 149. The zero-order chi connectivity index (χ0) is 6.78. The quantitative estimate of drug-likeness (QED) is 0.275. The average Bonchev–Trinajstić information content (AvgIpc) is 1.21. The SMILES string of the molecule is NC(S)CS(=O)(=O)O. The number of hydrogen-bond acceptors (Lipinski definition) is 4. The van der Waals surface area contributed by atoms with Crippen molar-refractivity contribution in [1.29, 1.82) is 0 Å². The Labute approximate surface area is 53.2 Å². The highest BCUT2D eigenvalue weighted by atomic mass is 32.2. The lowest BCUT2D eigenvalue weighted by Crippen LogP contribution is -2.23. The van der Waals surface area contributed by atoms with Crippen molar-refractivity contribution < 1.29 is 13.0 Å². The summed E-state index contributed by atoms with van der Waals surface area (Å²) in [7, 11) is -3.92. The Morgan fingerprint density at radius 1 is 1.75 bits per heavy atom. The van der Waals surface area contributed by atoms with E-state index in [9.17, 15) is 8.42 Å². The van der Waals surface area contributed by atoms with Gasteiger partial charge in [0.25, 0.3) is 10.1 Å². The second-order valence-electron chi connectivity index (χ2n) is 1.32. The van der Waals surface area contributed by atoms with E-state index in [1.54, 1.807) is 0 Å². The fourth-order valence-electron chi connectivity index (χ4n) is 0.216. The third-order valence-corrected chi connectivity index (χ3v) is 1.59. The van der Waals surface area contributed by atoms with E-state index in [4.69, 9.17) is 10.3 Å². The molecule has 0 amide bonds. The van der Waals surface area contributed by atoms with Gasteiger partial charge < -0.3 is 5.73 Å². The van der Waals surface area contributed by atoms with Crippen LogP contribution in [-0.4, -0.2) is 24.1 Å². The second kappa shape index (κ2) is 2.67. The summed E-state index contributed by atoms with van der Waals surface area (Å²) in [6, 6.07) is 0. The summed E-state index contributed by atoms with van der Waals surface area (Å²) >= 11 is 3.53. The van der Waals surface area contributed by atoms with E-state index in [-0.39, 0.29) is 0 Å². The smallest absolute Gasteiger partial charge is 0.267 e. The molecule has 1 unspecified atom stereocenters. The fourth-order valence-corrected chi connectivity index (χ4v) is 1.21. The lowest BCUT2D eigenvalue weighted by Gasteiger charge is -1.97. The Morgan fingerprint density at radius 3 is 2.12 bits per heavy atom. The average molecular weight is 157 g/mol. The van der Waals surface area contributed by atoms with Crippen LogP contribution in [0.25, 0.3) is 0 Å². The predicted octanol–water partition coefficient (Wildman–Crippen LogP) is -0.911. The summed E-state index contributed by atoms with van der Waals surface area (Å²) in [5.41, 5.74) is 4.90. The molecule has 0 rings (SSSR count). The molecule has 0 aliphatic heterocycles. The van der Waals surface area contributed by atoms with Crippen LogP contribution < -0.4 is 5.73 Å². The van der Waals surface area contributed by atoms with Gasteiger partial charge in [0.15, 0.2) is 0 Å². The van der Waals surface area contributed by atoms with Crippen LogP contribution in [0.5, 0.6) is 0 Å².